The Kier molecular flexibility index (Phi) is 0.875. The molecule has 2 spiro atoms. The Bertz CT molecular complexity index is 207. The molecule has 60 valence electrons. The van der Waals surface area contributed by atoms with Crippen LogP contribution < -0.4 is 0 Å². The molecule has 3 rings (SSSR count). The summed E-state index contributed by atoms with van der Waals surface area (Å²) < 4.78 is 0. The molecule has 0 unspecified atom stereocenters. The minimum absolute atomic E-state index is 0.513. The van der Waals surface area contributed by atoms with Crippen LogP contribution >= 0.6 is 0 Å². The number of rotatable bonds is 0. The zero-order valence-corrected chi connectivity index (χ0v) is 6.86. The van der Waals surface area contributed by atoms with Crippen molar-refractivity contribution in [2.75, 3.05) is 0 Å². The van der Waals surface area contributed by atoms with Gasteiger partial charge in [-0.05, 0) is 36.5 Å². The van der Waals surface area contributed by atoms with Crippen LogP contribution in [0.3, 0.4) is 0 Å². The maximum atomic E-state index is 10.8. The Morgan fingerprint density at radius 1 is 1.00 bits per heavy atom. The van der Waals surface area contributed by atoms with Crippen LogP contribution in [0.5, 0.6) is 0 Å². The van der Waals surface area contributed by atoms with Crippen molar-refractivity contribution >= 4 is 5.78 Å². The molecule has 0 bridgehead atoms. The fourth-order valence-corrected chi connectivity index (χ4v) is 3.60. The Balaban J connectivity index is 1.67. The van der Waals surface area contributed by atoms with Gasteiger partial charge in [0.2, 0.25) is 0 Å². The lowest BCUT2D eigenvalue weighted by atomic mass is 9.40. The maximum Gasteiger partial charge on any atom is 0.134 e. The number of carbonyl (C=O) groups excluding carboxylic acids is 1. The van der Waals surface area contributed by atoms with E-state index in [1.807, 2.05) is 0 Å². The quantitative estimate of drug-likeness (QED) is 0.518. The summed E-state index contributed by atoms with van der Waals surface area (Å²) in [5.74, 6) is 0.513. The van der Waals surface area contributed by atoms with E-state index in [0.717, 1.165) is 18.3 Å². The van der Waals surface area contributed by atoms with Crippen molar-refractivity contribution in [3.8, 4) is 0 Å². The molecule has 0 aromatic rings. The molecule has 0 aromatic heterocycles. The average molecular weight is 150 g/mol. The molecular weight excluding hydrogens is 136 g/mol. The largest absolute Gasteiger partial charge is 0.300 e. The lowest BCUT2D eigenvalue weighted by Crippen LogP contribution is -2.56. The molecule has 0 aliphatic heterocycles. The van der Waals surface area contributed by atoms with Crippen LogP contribution in [0, 0.1) is 10.8 Å². The van der Waals surface area contributed by atoms with Crippen molar-refractivity contribution in [2.24, 2.45) is 10.8 Å². The van der Waals surface area contributed by atoms with E-state index in [4.69, 9.17) is 0 Å². The fourth-order valence-electron chi connectivity index (χ4n) is 3.60. The topological polar surface area (TPSA) is 17.1 Å². The van der Waals surface area contributed by atoms with Gasteiger partial charge < -0.3 is 0 Å². The van der Waals surface area contributed by atoms with Crippen LogP contribution in [-0.4, -0.2) is 5.78 Å². The van der Waals surface area contributed by atoms with Crippen molar-refractivity contribution < 1.29 is 4.79 Å². The summed E-state index contributed by atoms with van der Waals surface area (Å²) >= 11 is 0. The first kappa shape index (κ1) is 6.22. The van der Waals surface area contributed by atoms with E-state index >= 15 is 0 Å². The molecule has 0 saturated heterocycles. The lowest BCUT2D eigenvalue weighted by molar-refractivity contribution is -0.164. The number of ketones is 1. The molecule has 0 N–H and O–H groups in total. The number of carbonyl (C=O) groups is 1. The molecular formula is C10H14O. The van der Waals surface area contributed by atoms with Crippen LogP contribution in [0.25, 0.3) is 0 Å². The monoisotopic (exact) mass is 150 g/mol. The summed E-state index contributed by atoms with van der Waals surface area (Å²) in [5.41, 5.74) is 1.32. The van der Waals surface area contributed by atoms with E-state index in [1.54, 1.807) is 0 Å². The molecule has 3 aliphatic carbocycles. The van der Waals surface area contributed by atoms with Crippen LogP contribution in [0.1, 0.15) is 44.9 Å². The van der Waals surface area contributed by atoms with Gasteiger partial charge in [0.1, 0.15) is 5.78 Å². The van der Waals surface area contributed by atoms with E-state index in [2.05, 4.69) is 0 Å². The van der Waals surface area contributed by atoms with E-state index in [-0.39, 0.29) is 0 Å². The van der Waals surface area contributed by atoms with Crippen molar-refractivity contribution in [3.05, 3.63) is 0 Å². The smallest absolute Gasteiger partial charge is 0.134 e. The maximum absolute atomic E-state index is 10.8. The van der Waals surface area contributed by atoms with Gasteiger partial charge in [0.05, 0.1) is 0 Å². The summed E-state index contributed by atoms with van der Waals surface area (Å²) in [6.45, 7) is 0. The highest BCUT2D eigenvalue weighted by molar-refractivity contribution is 5.86. The van der Waals surface area contributed by atoms with Crippen molar-refractivity contribution in [1.29, 1.82) is 0 Å². The summed E-state index contributed by atoms with van der Waals surface area (Å²) in [6, 6.07) is 0. The number of hydrogen-bond acceptors (Lipinski definition) is 1. The normalized spacial score (nSPS) is 36.2. The molecule has 0 heterocycles. The predicted molar refractivity (Wildman–Crippen MR) is 42.2 cm³/mol. The summed E-state index contributed by atoms with van der Waals surface area (Å²) in [6.07, 6.45) is 9.01. The van der Waals surface area contributed by atoms with E-state index < -0.39 is 0 Å². The molecule has 0 atom stereocenters. The molecule has 0 aromatic carbocycles. The third-order valence-corrected chi connectivity index (χ3v) is 4.06. The molecule has 1 nitrogen and oxygen atoms in total. The second-order valence-electron chi connectivity index (χ2n) is 5.10. The predicted octanol–water partition coefficient (Wildman–Crippen LogP) is 2.30. The first-order valence-corrected chi connectivity index (χ1v) is 4.74. The van der Waals surface area contributed by atoms with Gasteiger partial charge in [0.25, 0.3) is 0 Å². The molecule has 3 saturated carbocycles. The summed E-state index contributed by atoms with van der Waals surface area (Å²) in [4.78, 5) is 10.8. The van der Waals surface area contributed by atoms with E-state index in [1.165, 1.54) is 32.1 Å². The zero-order valence-electron chi connectivity index (χ0n) is 6.86. The molecule has 0 amide bonds. The second kappa shape index (κ2) is 1.55. The highest BCUT2D eigenvalue weighted by Gasteiger charge is 2.61. The first-order valence-electron chi connectivity index (χ1n) is 4.74. The van der Waals surface area contributed by atoms with E-state index in [0.29, 0.717) is 11.2 Å². The Morgan fingerprint density at radius 2 is 1.64 bits per heavy atom. The fraction of sp³-hybridized carbons (Fsp3) is 0.900. The summed E-state index contributed by atoms with van der Waals surface area (Å²) in [5, 5.41) is 0. The van der Waals surface area contributed by atoms with Crippen LogP contribution in [0.4, 0.5) is 0 Å². The lowest BCUT2D eigenvalue weighted by Gasteiger charge is -2.64. The molecule has 3 aliphatic rings. The van der Waals surface area contributed by atoms with Gasteiger partial charge in [-0.3, -0.25) is 4.79 Å². The Labute approximate surface area is 67.2 Å². The van der Waals surface area contributed by atoms with E-state index in [9.17, 15) is 4.79 Å². The third-order valence-electron chi connectivity index (χ3n) is 4.06. The van der Waals surface area contributed by atoms with Crippen LogP contribution in [-0.2, 0) is 4.79 Å². The van der Waals surface area contributed by atoms with Gasteiger partial charge in [-0.15, -0.1) is 0 Å². The number of hydrogen-bond donors (Lipinski definition) is 0. The van der Waals surface area contributed by atoms with Crippen molar-refractivity contribution in [1.82, 2.24) is 0 Å². The summed E-state index contributed by atoms with van der Waals surface area (Å²) in [7, 11) is 0. The average Bonchev–Trinajstić information content (AvgIpc) is 1.69. The molecule has 1 heteroatoms. The third kappa shape index (κ3) is 0.646. The SMILES string of the molecule is O=C1CC2(C1)CC1(CCC1)C2. The van der Waals surface area contributed by atoms with Gasteiger partial charge in [-0.1, -0.05) is 6.42 Å². The highest BCUT2D eigenvalue weighted by atomic mass is 16.1. The Morgan fingerprint density at radius 3 is 2.00 bits per heavy atom. The minimum Gasteiger partial charge on any atom is -0.300 e. The highest BCUT2D eigenvalue weighted by Crippen LogP contribution is 2.69. The second-order valence-corrected chi connectivity index (χ2v) is 5.10. The Hall–Kier alpha value is -0.330. The number of Topliss-reactive ketones (excluding diaryl/α,β-unsaturated/α-hetero) is 1. The van der Waals surface area contributed by atoms with Gasteiger partial charge >= 0.3 is 0 Å². The van der Waals surface area contributed by atoms with Crippen LogP contribution in [0.15, 0.2) is 0 Å². The van der Waals surface area contributed by atoms with Gasteiger partial charge in [-0.2, -0.15) is 0 Å². The van der Waals surface area contributed by atoms with Crippen molar-refractivity contribution in [3.63, 3.8) is 0 Å². The molecule has 11 heavy (non-hydrogen) atoms. The van der Waals surface area contributed by atoms with Gasteiger partial charge in [0, 0.05) is 12.8 Å². The van der Waals surface area contributed by atoms with Crippen molar-refractivity contribution in [2.45, 2.75) is 44.9 Å². The minimum atomic E-state index is 0.513. The molecule has 3 fully saturated rings. The van der Waals surface area contributed by atoms with Gasteiger partial charge in [0.15, 0.2) is 0 Å². The first-order chi connectivity index (χ1) is 5.22. The standard InChI is InChI=1S/C10H14O/c11-8-4-10(5-8)6-9(7-10)2-1-3-9/h1-7H2. The van der Waals surface area contributed by atoms with Gasteiger partial charge in [-0.25, -0.2) is 0 Å². The molecule has 0 radical (unpaired) electrons. The zero-order chi connectivity index (χ0) is 7.53. The van der Waals surface area contributed by atoms with Crippen LogP contribution in [0.2, 0.25) is 0 Å².